The van der Waals surface area contributed by atoms with Gasteiger partial charge in [0.2, 0.25) is 0 Å². The standard InChI is InChI=1S/C30H31IN2O9S/c1-7-40-21-14-18(9-10-20(21)42-15-24(34)38-5)26-25(29(36)41-8-2)16(3)32-30-33(26)28(35)23(43-30)13-17-11-19(31)27(39-6)22(12-17)37-4/h9-14,26H,7-8,15H2,1-6H3/b23-13-/t26-/m1/s1. The summed E-state index contributed by atoms with van der Waals surface area (Å²) in [4.78, 5) is 44.0. The molecule has 11 nitrogen and oxygen atoms in total. The molecule has 1 atom stereocenters. The first kappa shape index (κ1) is 32.1. The Morgan fingerprint density at radius 3 is 2.44 bits per heavy atom. The van der Waals surface area contributed by atoms with Crippen molar-refractivity contribution in [2.75, 3.05) is 41.2 Å². The van der Waals surface area contributed by atoms with E-state index >= 15 is 0 Å². The van der Waals surface area contributed by atoms with Crippen LogP contribution in [-0.4, -0.2) is 57.7 Å². The monoisotopic (exact) mass is 722 g/mol. The van der Waals surface area contributed by atoms with Crippen molar-refractivity contribution < 1.29 is 38.0 Å². The van der Waals surface area contributed by atoms with Crippen LogP contribution >= 0.6 is 33.9 Å². The van der Waals surface area contributed by atoms with Gasteiger partial charge in [-0.3, -0.25) is 9.36 Å². The van der Waals surface area contributed by atoms with Gasteiger partial charge in [-0.25, -0.2) is 14.6 Å². The van der Waals surface area contributed by atoms with Crippen LogP contribution in [0.1, 0.15) is 37.9 Å². The summed E-state index contributed by atoms with van der Waals surface area (Å²) in [6.45, 7) is 5.38. The number of methoxy groups -OCH3 is 3. The van der Waals surface area contributed by atoms with Crippen molar-refractivity contribution in [2.24, 2.45) is 4.99 Å². The van der Waals surface area contributed by atoms with Crippen LogP contribution in [0, 0.1) is 3.57 Å². The number of halogens is 1. The lowest BCUT2D eigenvalue weighted by molar-refractivity contribution is -0.143. The normalized spacial score (nSPS) is 14.5. The van der Waals surface area contributed by atoms with Gasteiger partial charge in [0.25, 0.3) is 5.56 Å². The van der Waals surface area contributed by atoms with Gasteiger partial charge in [0.1, 0.15) is 0 Å². The molecule has 0 amide bonds. The number of carbonyl (C=O) groups excluding carboxylic acids is 2. The van der Waals surface area contributed by atoms with Gasteiger partial charge in [-0.1, -0.05) is 17.4 Å². The highest BCUT2D eigenvalue weighted by atomic mass is 127. The second-order valence-corrected chi connectivity index (χ2v) is 11.2. The zero-order valence-electron chi connectivity index (χ0n) is 24.5. The van der Waals surface area contributed by atoms with Crippen LogP contribution in [-0.2, 0) is 19.1 Å². The molecule has 0 unspecified atom stereocenters. The second kappa shape index (κ2) is 14.1. The summed E-state index contributed by atoms with van der Waals surface area (Å²) in [7, 11) is 4.38. The second-order valence-electron chi connectivity index (χ2n) is 9.04. The number of hydrogen-bond donors (Lipinski definition) is 0. The van der Waals surface area contributed by atoms with Crippen LogP contribution in [0.3, 0.4) is 0 Å². The van der Waals surface area contributed by atoms with E-state index in [9.17, 15) is 14.4 Å². The first-order chi connectivity index (χ1) is 20.7. The molecule has 1 aliphatic heterocycles. The van der Waals surface area contributed by atoms with E-state index in [1.165, 1.54) is 23.0 Å². The fourth-order valence-electron chi connectivity index (χ4n) is 4.56. The Morgan fingerprint density at radius 2 is 1.79 bits per heavy atom. The minimum atomic E-state index is -0.864. The van der Waals surface area contributed by atoms with Gasteiger partial charge in [-0.2, -0.15) is 0 Å². The van der Waals surface area contributed by atoms with Gasteiger partial charge in [0, 0.05) is 0 Å². The van der Waals surface area contributed by atoms with Gasteiger partial charge >= 0.3 is 11.9 Å². The molecular formula is C30H31IN2O9S. The average Bonchev–Trinajstić information content (AvgIpc) is 3.29. The van der Waals surface area contributed by atoms with E-state index in [1.54, 1.807) is 58.4 Å². The number of hydrogen-bond acceptors (Lipinski definition) is 11. The third-order valence-corrected chi connectivity index (χ3v) is 8.21. The Balaban J connectivity index is 1.91. The molecule has 2 heterocycles. The molecule has 13 heteroatoms. The molecule has 0 saturated heterocycles. The van der Waals surface area contributed by atoms with Crippen LogP contribution in [0.4, 0.5) is 0 Å². The Labute approximate surface area is 265 Å². The van der Waals surface area contributed by atoms with Crippen LogP contribution in [0.15, 0.2) is 51.4 Å². The fourth-order valence-corrected chi connectivity index (χ4v) is 6.45. The highest BCUT2D eigenvalue weighted by Crippen LogP contribution is 2.37. The molecule has 0 radical (unpaired) electrons. The van der Waals surface area contributed by atoms with Crippen LogP contribution in [0.5, 0.6) is 23.0 Å². The predicted octanol–water partition coefficient (Wildman–Crippen LogP) is 3.37. The number of carbonyl (C=O) groups is 2. The lowest BCUT2D eigenvalue weighted by Crippen LogP contribution is -2.40. The fraction of sp³-hybridized carbons (Fsp3) is 0.333. The number of thiazole rings is 1. The lowest BCUT2D eigenvalue weighted by Gasteiger charge is -2.25. The van der Waals surface area contributed by atoms with Gasteiger partial charge < -0.3 is 28.4 Å². The molecule has 1 aliphatic rings. The molecule has 0 spiro atoms. The number of benzene rings is 2. The smallest absolute Gasteiger partial charge is 0.343 e. The first-order valence-corrected chi connectivity index (χ1v) is 15.1. The summed E-state index contributed by atoms with van der Waals surface area (Å²) in [6.07, 6.45) is 1.75. The van der Waals surface area contributed by atoms with Gasteiger partial charge in [-0.15, -0.1) is 0 Å². The number of nitrogens with zero attached hydrogens (tertiary/aromatic N) is 2. The van der Waals surface area contributed by atoms with Crippen molar-refractivity contribution in [2.45, 2.75) is 26.8 Å². The molecule has 228 valence electrons. The summed E-state index contributed by atoms with van der Waals surface area (Å²) in [5.74, 6) is 0.645. The molecule has 2 aromatic carbocycles. The Bertz CT molecular complexity index is 1760. The molecule has 0 fully saturated rings. The van der Waals surface area contributed by atoms with Gasteiger partial charge in [-0.05, 0) is 84.8 Å². The maximum Gasteiger partial charge on any atom is 0.343 e. The number of allylic oxidation sites excluding steroid dienone is 1. The largest absolute Gasteiger partial charge is 0.493 e. The van der Waals surface area contributed by atoms with Crippen LogP contribution in [0.25, 0.3) is 6.08 Å². The summed E-state index contributed by atoms with van der Waals surface area (Å²) in [5, 5.41) is 0. The van der Waals surface area contributed by atoms with E-state index in [2.05, 4.69) is 32.3 Å². The van der Waals surface area contributed by atoms with Crippen LogP contribution < -0.4 is 33.8 Å². The van der Waals surface area contributed by atoms with Crippen molar-refractivity contribution in [1.29, 1.82) is 0 Å². The van der Waals surface area contributed by atoms with E-state index in [0.29, 0.717) is 50.2 Å². The summed E-state index contributed by atoms with van der Waals surface area (Å²) >= 11 is 3.36. The molecule has 0 bridgehead atoms. The molecule has 0 aliphatic carbocycles. The highest BCUT2D eigenvalue weighted by Gasteiger charge is 2.34. The maximum absolute atomic E-state index is 14.0. The van der Waals surface area contributed by atoms with Crippen molar-refractivity contribution in [3.05, 3.63) is 76.0 Å². The third kappa shape index (κ3) is 6.72. The zero-order valence-corrected chi connectivity index (χ0v) is 27.5. The SMILES string of the molecule is CCOC(=O)C1=C(C)N=c2s/c(=C\c3cc(I)c(OC)c(OC)c3)c(=O)n2[C@@H]1c1ccc(OCC(=O)OC)c(OCC)c1. The van der Waals surface area contributed by atoms with E-state index in [4.69, 9.17) is 23.7 Å². The minimum absolute atomic E-state index is 0.148. The quantitative estimate of drug-likeness (QED) is 0.217. The summed E-state index contributed by atoms with van der Waals surface area (Å²) < 4.78 is 35.1. The third-order valence-electron chi connectivity index (χ3n) is 6.43. The number of fused-ring (bicyclic) bond motifs is 1. The summed E-state index contributed by atoms with van der Waals surface area (Å²) in [6, 6.07) is 7.83. The number of esters is 2. The van der Waals surface area contributed by atoms with E-state index in [-0.39, 0.29) is 24.3 Å². The Hall–Kier alpha value is -3.85. The van der Waals surface area contributed by atoms with E-state index in [1.807, 2.05) is 13.0 Å². The van der Waals surface area contributed by atoms with Crippen molar-refractivity contribution >= 4 is 51.9 Å². The van der Waals surface area contributed by atoms with E-state index in [0.717, 1.165) is 9.13 Å². The Kier molecular flexibility index (Phi) is 10.5. The number of rotatable bonds is 11. The lowest BCUT2D eigenvalue weighted by atomic mass is 9.95. The minimum Gasteiger partial charge on any atom is -0.493 e. The topological polar surface area (TPSA) is 124 Å². The molecular weight excluding hydrogens is 691 g/mol. The van der Waals surface area contributed by atoms with Crippen molar-refractivity contribution in [3.8, 4) is 23.0 Å². The molecule has 3 aromatic rings. The van der Waals surface area contributed by atoms with Crippen molar-refractivity contribution in [3.63, 3.8) is 0 Å². The van der Waals surface area contributed by atoms with Crippen LogP contribution in [0.2, 0.25) is 0 Å². The number of aromatic nitrogens is 1. The molecule has 43 heavy (non-hydrogen) atoms. The maximum atomic E-state index is 14.0. The zero-order chi connectivity index (χ0) is 31.3. The summed E-state index contributed by atoms with van der Waals surface area (Å²) in [5.41, 5.74) is 1.63. The van der Waals surface area contributed by atoms with Crippen molar-refractivity contribution in [1.82, 2.24) is 4.57 Å². The molecule has 1 aromatic heterocycles. The highest BCUT2D eigenvalue weighted by molar-refractivity contribution is 14.1. The Morgan fingerprint density at radius 1 is 1.02 bits per heavy atom. The number of ether oxygens (including phenoxy) is 6. The molecule has 4 rings (SSSR count). The first-order valence-electron chi connectivity index (χ1n) is 13.2. The molecule has 0 N–H and O–H groups in total. The van der Waals surface area contributed by atoms with Gasteiger partial charge in [0.15, 0.2) is 34.4 Å². The predicted molar refractivity (Wildman–Crippen MR) is 168 cm³/mol. The average molecular weight is 723 g/mol. The molecule has 0 saturated carbocycles. The van der Waals surface area contributed by atoms with E-state index < -0.39 is 18.0 Å². The van der Waals surface area contributed by atoms with Gasteiger partial charge in [0.05, 0.1) is 60.0 Å².